The standard InChI is InChI=1S/C21H19Cl2N7O6.C2HF3O2/c1-9(2)12-6-16(26-27-18(12)31)36-17-13(22)4-11(5-14(17)23)30-21(34)29(8-35-20(33)10(3)25)19(32)15(7-24)28-30;3-2(4,5)1(6)7/h4-6,9-10H,8,25H2,1-3H3,(H,27,31);(H,6,7)/t10-;/m0./s1. The molecule has 2 aromatic heterocycles. The molecule has 230 valence electrons. The van der Waals surface area contributed by atoms with Crippen LogP contribution in [0.25, 0.3) is 5.69 Å². The van der Waals surface area contributed by atoms with Crippen LogP contribution in [-0.4, -0.2) is 53.8 Å². The lowest BCUT2D eigenvalue weighted by atomic mass is 10.1. The number of carbonyl (C=O) groups is 2. The molecule has 0 fully saturated rings. The summed E-state index contributed by atoms with van der Waals surface area (Å²) in [5, 5.41) is 26.2. The monoisotopic (exact) mass is 649 g/mol. The number of hydrogen-bond acceptors (Lipinski definition) is 11. The summed E-state index contributed by atoms with van der Waals surface area (Å²) >= 11 is 12.7. The SMILES string of the molecule is CC(C)c1cc(Oc2c(Cl)cc(-n3nc(C#N)c(=O)n(COC(=O)[C@H](C)N)c3=O)cc2Cl)n[nH]c1=O.O=C(O)C(F)(F)F. The van der Waals surface area contributed by atoms with Gasteiger partial charge in [0.1, 0.15) is 12.1 Å². The third-order valence-electron chi connectivity index (χ3n) is 4.98. The number of nitrogens with zero attached hydrogens (tertiary/aromatic N) is 5. The number of carbonyl (C=O) groups excluding carboxylic acids is 1. The number of esters is 1. The Morgan fingerprint density at radius 3 is 2.19 bits per heavy atom. The molecule has 0 spiro atoms. The van der Waals surface area contributed by atoms with E-state index >= 15 is 0 Å². The van der Waals surface area contributed by atoms with E-state index in [1.165, 1.54) is 25.1 Å². The summed E-state index contributed by atoms with van der Waals surface area (Å²) in [6.45, 7) is 4.20. The van der Waals surface area contributed by atoms with Crippen LogP contribution in [0.15, 0.2) is 32.6 Å². The minimum atomic E-state index is -5.08. The molecule has 0 bridgehead atoms. The topological polar surface area (TPSA) is 225 Å². The Balaban J connectivity index is 0.000000821. The normalized spacial score (nSPS) is 11.7. The van der Waals surface area contributed by atoms with Crippen LogP contribution in [0.2, 0.25) is 10.0 Å². The summed E-state index contributed by atoms with van der Waals surface area (Å²) in [5.41, 5.74) is 2.68. The second kappa shape index (κ2) is 14.0. The Bertz CT molecular complexity index is 1740. The van der Waals surface area contributed by atoms with Crippen LogP contribution in [0, 0.1) is 11.3 Å². The summed E-state index contributed by atoms with van der Waals surface area (Å²) in [5.74, 6) is -3.76. The fraction of sp³-hybridized carbons (Fsp3) is 0.304. The Kier molecular flexibility index (Phi) is 11.2. The zero-order valence-corrected chi connectivity index (χ0v) is 23.6. The molecule has 1 aromatic carbocycles. The number of nitrogens with two attached hydrogens (primary N) is 1. The number of rotatable bonds is 7. The van der Waals surface area contributed by atoms with Crippen molar-refractivity contribution in [1.82, 2.24) is 24.5 Å². The molecule has 20 heteroatoms. The van der Waals surface area contributed by atoms with Crippen molar-refractivity contribution < 1.29 is 37.3 Å². The van der Waals surface area contributed by atoms with E-state index in [1.54, 1.807) is 6.07 Å². The number of benzene rings is 1. The summed E-state index contributed by atoms with van der Waals surface area (Å²) in [6, 6.07) is 4.51. The molecule has 1 atom stereocenters. The molecule has 3 aromatic rings. The number of ether oxygens (including phenoxy) is 2. The molecule has 43 heavy (non-hydrogen) atoms. The number of carboxylic acid groups (broad SMARTS) is 1. The van der Waals surface area contributed by atoms with Gasteiger partial charge < -0.3 is 20.3 Å². The van der Waals surface area contributed by atoms with Crippen molar-refractivity contribution in [2.45, 2.75) is 45.6 Å². The van der Waals surface area contributed by atoms with Crippen LogP contribution in [0.5, 0.6) is 11.6 Å². The summed E-state index contributed by atoms with van der Waals surface area (Å²) in [7, 11) is 0. The van der Waals surface area contributed by atoms with Gasteiger partial charge in [0, 0.05) is 11.6 Å². The zero-order valence-electron chi connectivity index (χ0n) is 22.1. The Morgan fingerprint density at radius 2 is 1.72 bits per heavy atom. The largest absolute Gasteiger partial charge is 0.490 e. The van der Waals surface area contributed by atoms with E-state index in [1.807, 2.05) is 13.8 Å². The first-order chi connectivity index (χ1) is 19.9. The number of aliphatic carboxylic acids is 1. The van der Waals surface area contributed by atoms with Gasteiger partial charge in [0.2, 0.25) is 11.6 Å². The van der Waals surface area contributed by atoms with Gasteiger partial charge in [-0.2, -0.15) is 23.1 Å². The zero-order chi connectivity index (χ0) is 32.8. The van der Waals surface area contributed by atoms with Crippen molar-refractivity contribution >= 4 is 35.1 Å². The summed E-state index contributed by atoms with van der Waals surface area (Å²) < 4.78 is 43.4. The number of H-pyrrole nitrogens is 1. The molecule has 0 aliphatic heterocycles. The average Bonchev–Trinajstić information content (AvgIpc) is 2.91. The highest BCUT2D eigenvalue weighted by Gasteiger charge is 2.38. The van der Waals surface area contributed by atoms with E-state index < -0.39 is 47.8 Å². The maximum atomic E-state index is 12.9. The van der Waals surface area contributed by atoms with Gasteiger partial charge in [-0.25, -0.2) is 19.3 Å². The maximum Gasteiger partial charge on any atom is 0.490 e. The molecule has 0 saturated carbocycles. The molecular weight excluding hydrogens is 630 g/mol. The number of aromatic amines is 1. The molecule has 3 rings (SSSR count). The van der Waals surface area contributed by atoms with Crippen molar-refractivity contribution in [3.63, 3.8) is 0 Å². The molecular formula is C23H20Cl2F3N7O8. The molecule has 0 aliphatic rings. The van der Waals surface area contributed by atoms with Crippen molar-refractivity contribution in [3.8, 4) is 23.4 Å². The van der Waals surface area contributed by atoms with E-state index in [9.17, 15) is 37.6 Å². The minimum Gasteiger partial charge on any atom is -0.475 e. The highest BCUT2D eigenvalue weighted by atomic mass is 35.5. The molecule has 0 radical (unpaired) electrons. The number of nitriles is 1. The first kappa shape index (κ1) is 34.5. The van der Waals surface area contributed by atoms with Crippen LogP contribution in [0.4, 0.5) is 13.2 Å². The van der Waals surface area contributed by atoms with Gasteiger partial charge in [-0.05, 0) is 25.0 Å². The van der Waals surface area contributed by atoms with Gasteiger partial charge in [0.25, 0.3) is 11.1 Å². The smallest absolute Gasteiger partial charge is 0.475 e. The highest BCUT2D eigenvalue weighted by molar-refractivity contribution is 6.37. The molecule has 4 N–H and O–H groups in total. The second-order valence-corrected chi connectivity index (χ2v) is 9.37. The number of alkyl halides is 3. The lowest BCUT2D eigenvalue weighted by molar-refractivity contribution is -0.192. The first-order valence-electron chi connectivity index (χ1n) is 11.5. The van der Waals surface area contributed by atoms with Gasteiger partial charge in [-0.3, -0.25) is 14.4 Å². The van der Waals surface area contributed by atoms with Crippen molar-refractivity contribution in [1.29, 1.82) is 5.26 Å². The number of nitrogens with one attached hydrogen (secondary N) is 1. The second-order valence-electron chi connectivity index (χ2n) is 8.56. The van der Waals surface area contributed by atoms with Crippen LogP contribution in [0.3, 0.4) is 0 Å². The highest BCUT2D eigenvalue weighted by Crippen LogP contribution is 2.37. The van der Waals surface area contributed by atoms with Crippen molar-refractivity contribution in [2.24, 2.45) is 5.73 Å². The Labute approximate surface area is 247 Å². The van der Waals surface area contributed by atoms with Gasteiger partial charge in [-0.1, -0.05) is 37.0 Å². The number of carboxylic acids is 1. The number of aromatic nitrogens is 5. The average molecular weight is 650 g/mol. The lowest BCUT2D eigenvalue weighted by Gasteiger charge is -2.14. The summed E-state index contributed by atoms with van der Waals surface area (Å²) in [4.78, 5) is 57.8. The van der Waals surface area contributed by atoms with E-state index in [4.69, 9.17) is 48.3 Å². The van der Waals surface area contributed by atoms with Crippen LogP contribution >= 0.6 is 23.2 Å². The molecule has 0 amide bonds. The Morgan fingerprint density at radius 1 is 1.16 bits per heavy atom. The van der Waals surface area contributed by atoms with Crippen LogP contribution in [-0.2, 0) is 21.1 Å². The number of hydrogen-bond donors (Lipinski definition) is 3. The number of halogens is 5. The fourth-order valence-corrected chi connectivity index (χ4v) is 3.43. The van der Waals surface area contributed by atoms with Crippen molar-refractivity contribution in [2.75, 3.05) is 0 Å². The van der Waals surface area contributed by atoms with Gasteiger partial charge in [0.05, 0.1) is 15.7 Å². The molecule has 0 saturated heterocycles. The van der Waals surface area contributed by atoms with Gasteiger partial charge in [-0.15, -0.1) is 10.2 Å². The van der Waals surface area contributed by atoms with E-state index in [2.05, 4.69) is 15.3 Å². The molecule has 0 unspecified atom stereocenters. The third kappa shape index (κ3) is 8.64. The van der Waals surface area contributed by atoms with Crippen molar-refractivity contribution in [3.05, 3.63) is 70.7 Å². The quantitative estimate of drug-likeness (QED) is 0.313. The maximum absolute atomic E-state index is 12.9. The van der Waals surface area contributed by atoms with Gasteiger partial charge >= 0.3 is 23.8 Å². The third-order valence-corrected chi connectivity index (χ3v) is 5.54. The van der Waals surface area contributed by atoms with E-state index in [0.29, 0.717) is 14.8 Å². The fourth-order valence-electron chi connectivity index (χ4n) is 2.88. The van der Waals surface area contributed by atoms with Crippen LogP contribution < -0.4 is 27.3 Å². The van der Waals surface area contributed by atoms with Gasteiger partial charge in [0.15, 0.2) is 12.5 Å². The molecule has 15 nitrogen and oxygen atoms in total. The van der Waals surface area contributed by atoms with E-state index in [-0.39, 0.29) is 38.8 Å². The Hall–Kier alpha value is -4.73. The summed E-state index contributed by atoms with van der Waals surface area (Å²) in [6.07, 6.45) is -5.08. The van der Waals surface area contributed by atoms with E-state index in [0.717, 1.165) is 0 Å². The minimum absolute atomic E-state index is 0.0152. The predicted molar refractivity (Wildman–Crippen MR) is 141 cm³/mol. The van der Waals surface area contributed by atoms with Crippen LogP contribution in [0.1, 0.15) is 37.9 Å². The lowest BCUT2D eigenvalue weighted by Crippen LogP contribution is -2.44. The molecule has 0 aliphatic carbocycles. The molecule has 2 heterocycles. The first-order valence-corrected chi connectivity index (χ1v) is 12.3. The predicted octanol–water partition coefficient (Wildman–Crippen LogP) is 2.05.